The largest absolute Gasteiger partial charge is 0.478 e. The van der Waals surface area contributed by atoms with Gasteiger partial charge in [0.25, 0.3) is 0 Å². The molecule has 3 nitrogen and oxygen atoms in total. The molecule has 2 rings (SSSR count). The summed E-state index contributed by atoms with van der Waals surface area (Å²) >= 11 is 1.60. The van der Waals surface area contributed by atoms with Crippen LogP contribution in [-0.4, -0.2) is 29.9 Å². The molecule has 4 heteroatoms. The average Bonchev–Trinajstić information content (AvgIpc) is 2.69. The SMILES string of the molecule is CCSc1cccc(N2CC(C)C(C)C2)c1C(=O)O. The van der Waals surface area contributed by atoms with Gasteiger partial charge in [-0.1, -0.05) is 26.8 Å². The van der Waals surface area contributed by atoms with E-state index < -0.39 is 5.97 Å². The summed E-state index contributed by atoms with van der Waals surface area (Å²) in [6, 6.07) is 5.81. The Bertz CT molecular complexity index is 465. The van der Waals surface area contributed by atoms with Crippen LogP contribution in [0, 0.1) is 11.8 Å². The van der Waals surface area contributed by atoms with E-state index in [-0.39, 0.29) is 0 Å². The van der Waals surface area contributed by atoms with E-state index in [4.69, 9.17) is 0 Å². The Morgan fingerprint density at radius 2 is 2.00 bits per heavy atom. The molecule has 1 saturated heterocycles. The minimum Gasteiger partial charge on any atom is -0.478 e. The van der Waals surface area contributed by atoms with Gasteiger partial charge in [-0.15, -0.1) is 11.8 Å². The number of carboxylic acids is 1. The van der Waals surface area contributed by atoms with Gasteiger partial charge in [0.15, 0.2) is 0 Å². The number of aromatic carboxylic acids is 1. The van der Waals surface area contributed by atoms with Crippen molar-refractivity contribution in [3.8, 4) is 0 Å². The van der Waals surface area contributed by atoms with Crippen molar-refractivity contribution in [2.75, 3.05) is 23.7 Å². The number of thioether (sulfide) groups is 1. The van der Waals surface area contributed by atoms with E-state index in [0.717, 1.165) is 29.4 Å². The highest BCUT2D eigenvalue weighted by Crippen LogP contribution is 2.35. The number of nitrogens with zero attached hydrogens (tertiary/aromatic N) is 1. The van der Waals surface area contributed by atoms with E-state index in [9.17, 15) is 9.90 Å². The second kappa shape index (κ2) is 5.87. The van der Waals surface area contributed by atoms with Crippen molar-refractivity contribution in [2.45, 2.75) is 25.7 Å². The highest BCUT2D eigenvalue weighted by atomic mass is 32.2. The monoisotopic (exact) mass is 279 g/mol. The second-order valence-electron chi connectivity index (χ2n) is 5.25. The molecule has 2 unspecified atom stereocenters. The highest BCUT2D eigenvalue weighted by Gasteiger charge is 2.29. The molecule has 1 aromatic rings. The zero-order chi connectivity index (χ0) is 14.0. The van der Waals surface area contributed by atoms with Crippen LogP contribution in [0.2, 0.25) is 0 Å². The third-order valence-electron chi connectivity index (χ3n) is 3.85. The van der Waals surface area contributed by atoms with Gasteiger partial charge in [0.05, 0.1) is 11.3 Å². The lowest BCUT2D eigenvalue weighted by molar-refractivity contribution is 0.0694. The molecule has 0 saturated carbocycles. The van der Waals surface area contributed by atoms with Crippen LogP contribution < -0.4 is 4.90 Å². The van der Waals surface area contributed by atoms with Gasteiger partial charge in [-0.2, -0.15) is 0 Å². The molecule has 0 aliphatic carbocycles. The topological polar surface area (TPSA) is 40.5 Å². The average molecular weight is 279 g/mol. The van der Waals surface area contributed by atoms with Gasteiger partial charge in [0.1, 0.15) is 0 Å². The first kappa shape index (κ1) is 14.3. The van der Waals surface area contributed by atoms with Crippen molar-refractivity contribution in [2.24, 2.45) is 11.8 Å². The van der Waals surface area contributed by atoms with Crippen molar-refractivity contribution >= 4 is 23.4 Å². The van der Waals surface area contributed by atoms with E-state index in [1.165, 1.54) is 0 Å². The lowest BCUT2D eigenvalue weighted by atomic mass is 10.0. The summed E-state index contributed by atoms with van der Waals surface area (Å²) in [5.74, 6) is 1.29. The van der Waals surface area contributed by atoms with Gasteiger partial charge in [-0.3, -0.25) is 0 Å². The van der Waals surface area contributed by atoms with Crippen molar-refractivity contribution in [1.29, 1.82) is 0 Å². The summed E-state index contributed by atoms with van der Waals surface area (Å²) < 4.78 is 0. The molecule has 0 bridgehead atoms. The predicted octanol–water partition coefficient (Wildman–Crippen LogP) is 3.59. The van der Waals surface area contributed by atoms with Crippen molar-refractivity contribution in [1.82, 2.24) is 0 Å². The first-order valence-corrected chi connectivity index (χ1v) is 7.77. The fourth-order valence-corrected chi connectivity index (χ4v) is 3.42. The minimum atomic E-state index is -0.821. The molecule has 0 amide bonds. The Balaban J connectivity index is 2.40. The molecule has 1 fully saturated rings. The Morgan fingerprint density at radius 3 is 2.53 bits per heavy atom. The summed E-state index contributed by atoms with van der Waals surface area (Å²) in [4.78, 5) is 14.7. The molecule has 2 atom stereocenters. The van der Waals surface area contributed by atoms with Gasteiger partial charge in [-0.05, 0) is 29.7 Å². The molecule has 0 radical (unpaired) electrons. The molecule has 0 aromatic heterocycles. The third-order valence-corrected chi connectivity index (χ3v) is 4.79. The molecule has 1 heterocycles. The molecule has 104 valence electrons. The molecular formula is C15H21NO2S. The summed E-state index contributed by atoms with van der Waals surface area (Å²) in [6.45, 7) is 8.40. The molecule has 1 aliphatic rings. The minimum absolute atomic E-state index is 0.468. The number of carboxylic acid groups (broad SMARTS) is 1. The van der Waals surface area contributed by atoms with E-state index in [1.807, 2.05) is 25.1 Å². The fourth-order valence-electron chi connectivity index (χ4n) is 2.60. The number of benzene rings is 1. The number of carbonyl (C=O) groups is 1. The molecule has 1 N–H and O–H groups in total. The van der Waals surface area contributed by atoms with E-state index in [1.54, 1.807) is 11.8 Å². The summed E-state index contributed by atoms with van der Waals surface area (Å²) in [7, 11) is 0. The first-order chi connectivity index (χ1) is 9.04. The first-order valence-electron chi connectivity index (χ1n) is 6.78. The maximum Gasteiger partial charge on any atom is 0.338 e. The molecular weight excluding hydrogens is 258 g/mol. The maximum atomic E-state index is 11.6. The van der Waals surface area contributed by atoms with E-state index in [0.29, 0.717) is 17.4 Å². The molecule has 19 heavy (non-hydrogen) atoms. The van der Waals surface area contributed by atoms with Crippen molar-refractivity contribution in [3.63, 3.8) is 0 Å². The zero-order valence-corrected chi connectivity index (χ0v) is 12.5. The van der Waals surface area contributed by atoms with Crippen LogP contribution in [0.15, 0.2) is 23.1 Å². The zero-order valence-electron chi connectivity index (χ0n) is 11.7. The van der Waals surface area contributed by atoms with E-state index >= 15 is 0 Å². The van der Waals surface area contributed by atoms with Crippen molar-refractivity contribution in [3.05, 3.63) is 23.8 Å². The smallest absolute Gasteiger partial charge is 0.338 e. The molecule has 1 aliphatic heterocycles. The van der Waals surface area contributed by atoms with Crippen LogP contribution in [-0.2, 0) is 0 Å². The quantitative estimate of drug-likeness (QED) is 0.855. The van der Waals surface area contributed by atoms with Crippen LogP contribution in [0.3, 0.4) is 0 Å². The van der Waals surface area contributed by atoms with Gasteiger partial charge >= 0.3 is 5.97 Å². The predicted molar refractivity (Wildman–Crippen MR) is 80.3 cm³/mol. The molecule has 0 spiro atoms. The maximum absolute atomic E-state index is 11.6. The summed E-state index contributed by atoms with van der Waals surface area (Å²) in [5.41, 5.74) is 1.35. The summed E-state index contributed by atoms with van der Waals surface area (Å²) in [5, 5.41) is 9.53. The number of hydrogen-bond acceptors (Lipinski definition) is 3. The summed E-state index contributed by atoms with van der Waals surface area (Å²) in [6.07, 6.45) is 0. The number of hydrogen-bond donors (Lipinski definition) is 1. The third kappa shape index (κ3) is 2.89. The van der Waals surface area contributed by atoms with Crippen molar-refractivity contribution < 1.29 is 9.90 Å². The Kier molecular flexibility index (Phi) is 4.40. The van der Waals surface area contributed by atoms with Gasteiger partial charge in [0, 0.05) is 18.0 Å². The van der Waals surface area contributed by atoms with Gasteiger partial charge in [-0.25, -0.2) is 4.79 Å². The molecule has 1 aromatic carbocycles. The van der Waals surface area contributed by atoms with Crippen LogP contribution in [0.5, 0.6) is 0 Å². The van der Waals surface area contributed by atoms with E-state index in [2.05, 4.69) is 18.7 Å². The normalized spacial score (nSPS) is 22.8. The Hall–Kier alpha value is -1.16. The Labute approximate surface area is 119 Å². The lowest BCUT2D eigenvalue weighted by Gasteiger charge is -2.22. The van der Waals surface area contributed by atoms with Gasteiger partial charge in [0.2, 0.25) is 0 Å². The fraction of sp³-hybridized carbons (Fsp3) is 0.533. The lowest BCUT2D eigenvalue weighted by Crippen LogP contribution is -2.22. The standard InChI is InChI=1S/C15H21NO2S/c1-4-19-13-7-5-6-12(14(13)15(17)18)16-8-10(2)11(3)9-16/h5-7,10-11H,4,8-9H2,1-3H3,(H,17,18). The number of rotatable bonds is 4. The van der Waals surface area contributed by atoms with Crippen LogP contribution in [0.25, 0.3) is 0 Å². The van der Waals surface area contributed by atoms with Crippen LogP contribution in [0.1, 0.15) is 31.1 Å². The van der Waals surface area contributed by atoms with Gasteiger partial charge < -0.3 is 10.0 Å². The second-order valence-corrected chi connectivity index (χ2v) is 6.55. The van der Waals surface area contributed by atoms with Crippen LogP contribution >= 0.6 is 11.8 Å². The Morgan fingerprint density at radius 1 is 1.37 bits per heavy atom. The highest BCUT2D eigenvalue weighted by molar-refractivity contribution is 7.99. The number of anilines is 1. The van der Waals surface area contributed by atoms with Crippen LogP contribution in [0.4, 0.5) is 5.69 Å².